The molecule has 1 amide bonds. The fourth-order valence-corrected chi connectivity index (χ4v) is 2.48. The maximum atomic E-state index is 12.0. The van der Waals surface area contributed by atoms with E-state index in [0.717, 1.165) is 25.7 Å². The maximum Gasteiger partial charge on any atom is 0.262 e. The van der Waals surface area contributed by atoms with Crippen molar-refractivity contribution >= 4 is 21.8 Å². The Bertz CT molecular complexity index is 500. The predicted molar refractivity (Wildman–Crippen MR) is 70.5 cm³/mol. The molecule has 0 saturated heterocycles. The smallest absolute Gasteiger partial charge is 0.262 e. The van der Waals surface area contributed by atoms with Gasteiger partial charge in [-0.25, -0.2) is 0 Å². The van der Waals surface area contributed by atoms with Crippen molar-refractivity contribution in [3.63, 3.8) is 0 Å². The summed E-state index contributed by atoms with van der Waals surface area (Å²) in [5.74, 6) is -0.280. The number of hydrogen-bond acceptors (Lipinski definition) is 3. The molecule has 2 atom stereocenters. The van der Waals surface area contributed by atoms with Crippen molar-refractivity contribution in [3.8, 4) is 0 Å². The molecule has 18 heavy (non-hydrogen) atoms. The summed E-state index contributed by atoms with van der Waals surface area (Å²) in [5, 5.41) is 12.6. The highest BCUT2D eigenvalue weighted by atomic mass is 79.9. The van der Waals surface area contributed by atoms with Gasteiger partial charge in [-0.2, -0.15) is 0 Å². The first-order valence-electron chi connectivity index (χ1n) is 5.95. The summed E-state index contributed by atoms with van der Waals surface area (Å²) in [6, 6.07) is 1.28. The second-order valence-electron chi connectivity index (χ2n) is 4.50. The van der Waals surface area contributed by atoms with E-state index < -0.39 is 6.10 Å². The molecule has 2 rings (SSSR count). The molecule has 1 aliphatic carbocycles. The maximum absolute atomic E-state index is 12.0. The highest BCUT2D eigenvalue weighted by Crippen LogP contribution is 2.18. The van der Waals surface area contributed by atoms with Gasteiger partial charge in [-0.15, -0.1) is 0 Å². The molecule has 3 N–H and O–H groups in total. The zero-order valence-electron chi connectivity index (χ0n) is 9.78. The Morgan fingerprint density at radius 2 is 2.17 bits per heavy atom. The Kier molecular flexibility index (Phi) is 4.19. The molecule has 0 aliphatic heterocycles. The van der Waals surface area contributed by atoms with Crippen LogP contribution in [0.15, 0.2) is 21.5 Å². The van der Waals surface area contributed by atoms with Crippen molar-refractivity contribution in [1.29, 1.82) is 0 Å². The van der Waals surface area contributed by atoms with Crippen LogP contribution >= 0.6 is 15.9 Å². The molecule has 1 saturated carbocycles. The van der Waals surface area contributed by atoms with Crippen LogP contribution in [0.5, 0.6) is 0 Å². The van der Waals surface area contributed by atoms with Crippen LogP contribution in [0, 0.1) is 0 Å². The van der Waals surface area contributed by atoms with Gasteiger partial charge >= 0.3 is 0 Å². The molecule has 1 fully saturated rings. The Labute approximate surface area is 113 Å². The van der Waals surface area contributed by atoms with Crippen LogP contribution in [0.2, 0.25) is 0 Å². The van der Waals surface area contributed by atoms with Crippen LogP contribution in [0.3, 0.4) is 0 Å². The van der Waals surface area contributed by atoms with Gasteiger partial charge in [0.2, 0.25) is 0 Å². The Balaban J connectivity index is 2.07. The summed E-state index contributed by atoms with van der Waals surface area (Å²) in [6.45, 7) is 0. The minimum Gasteiger partial charge on any atom is -0.391 e. The molecule has 2 unspecified atom stereocenters. The third kappa shape index (κ3) is 3.00. The number of hydrogen-bond donors (Lipinski definition) is 3. The number of aliphatic hydroxyl groups is 1. The first-order chi connectivity index (χ1) is 8.58. The van der Waals surface area contributed by atoms with E-state index in [9.17, 15) is 14.7 Å². The van der Waals surface area contributed by atoms with Crippen LogP contribution in [0.25, 0.3) is 0 Å². The van der Waals surface area contributed by atoms with E-state index in [1.165, 1.54) is 12.3 Å². The molecule has 1 aromatic heterocycles. The Morgan fingerprint density at radius 3 is 2.83 bits per heavy atom. The molecular formula is C12H15BrN2O3. The first-order valence-corrected chi connectivity index (χ1v) is 6.74. The number of pyridine rings is 1. The third-order valence-corrected chi connectivity index (χ3v) is 3.76. The molecule has 1 aliphatic rings. The van der Waals surface area contributed by atoms with Crippen molar-refractivity contribution in [2.75, 3.05) is 0 Å². The number of aromatic amines is 1. The number of carbonyl (C=O) groups excluding carboxylic acids is 1. The monoisotopic (exact) mass is 314 g/mol. The number of nitrogens with one attached hydrogen (secondary N) is 2. The highest BCUT2D eigenvalue weighted by Gasteiger charge is 2.24. The quantitative estimate of drug-likeness (QED) is 0.766. The number of carbonyl (C=O) groups is 1. The second-order valence-corrected chi connectivity index (χ2v) is 5.35. The topological polar surface area (TPSA) is 82.2 Å². The zero-order chi connectivity index (χ0) is 13.1. The Morgan fingerprint density at radius 1 is 1.44 bits per heavy atom. The molecule has 0 spiro atoms. The number of amides is 1. The van der Waals surface area contributed by atoms with E-state index in [1.54, 1.807) is 0 Å². The standard InChI is InChI=1S/C12H15BrN2O3/c13-8-5-7(6-14-12(8)18)11(17)15-9-3-1-2-4-10(9)16/h5-6,9-10,16H,1-4H2,(H,14,18)(H,15,17). The summed E-state index contributed by atoms with van der Waals surface area (Å²) in [5.41, 5.74) is 0.100. The van der Waals surface area contributed by atoms with Gasteiger partial charge in [0.25, 0.3) is 11.5 Å². The fraction of sp³-hybridized carbons (Fsp3) is 0.500. The van der Waals surface area contributed by atoms with Gasteiger partial charge < -0.3 is 15.4 Å². The lowest BCUT2D eigenvalue weighted by molar-refractivity contribution is 0.0717. The third-order valence-electron chi connectivity index (χ3n) is 3.17. The van der Waals surface area contributed by atoms with E-state index in [1.807, 2.05) is 0 Å². The summed E-state index contributed by atoms with van der Waals surface area (Å²) < 4.78 is 0.319. The van der Waals surface area contributed by atoms with Gasteiger partial charge in [0.1, 0.15) is 0 Å². The van der Waals surface area contributed by atoms with E-state index >= 15 is 0 Å². The van der Waals surface area contributed by atoms with Gasteiger partial charge in [0.05, 0.1) is 22.2 Å². The summed E-state index contributed by atoms with van der Waals surface area (Å²) in [4.78, 5) is 25.6. The van der Waals surface area contributed by atoms with Gasteiger partial charge in [-0.1, -0.05) is 12.8 Å². The van der Waals surface area contributed by atoms with Crippen molar-refractivity contribution in [1.82, 2.24) is 10.3 Å². The lowest BCUT2D eigenvalue weighted by Crippen LogP contribution is -2.45. The second kappa shape index (κ2) is 5.67. The largest absolute Gasteiger partial charge is 0.391 e. The SMILES string of the molecule is O=C(NC1CCCCC1O)c1c[nH]c(=O)c(Br)c1. The van der Waals surface area contributed by atoms with E-state index in [0.29, 0.717) is 10.0 Å². The number of H-pyrrole nitrogens is 1. The van der Waals surface area contributed by atoms with Crippen molar-refractivity contribution in [2.24, 2.45) is 0 Å². The average Bonchev–Trinajstić information content (AvgIpc) is 2.35. The van der Waals surface area contributed by atoms with Crippen LogP contribution in [0.1, 0.15) is 36.0 Å². The molecule has 0 radical (unpaired) electrons. The summed E-state index contributed by atoms with van der Waals surface area (Å²) in [6.07, 6.45) is 4.42. The molecule has 0 aromatic carbocycles. The van der Waals surface area contributed by atoms with Crippen LogP contribution in [0.4, 0.5) is 0 Å². The predicted octanol–water partition coefficient (Wildman–Crippen LogP) is 1.17. The number of aliphatic hydroxyl groups excluding tert-OH is 1. The number of aromatic nitrogens is 1. The van der Waals surface area contributed by atoms with E-state index in [-0.39, 0.29) is 17.5 Å². The van der Waals surface area contributed by atoms with Crippen LogP contribution in [-0.4, -0.2) is 28.1 Å². The van der Waals surface area contributed by atoms with Gasteiger partial charge in [-0.05, 0) is 34.8 Å². The van der Waals surface area contributed by atoms with Crippen molar-refractivity contribution < 1.29 is 9.90 Å². The normalized spacial score (nSPS) is 23.7. The van der Waals surface area contributed by atoms with E-state index in [4.69, 9.17) is 0 Å². The zero-order valence-corrected chi connectivity index (χ0v) is 11.4. The number of halogens is 1. The Hall–Kier alpha value is -1.14. The van der Waals surface area contributed by atoms with Crippen molar-refractivity contribution in [2.45, 2.75) is 37.8 Å². The van der Waals surface area contributed by atoms with Gasteiger partial charge in [0.15, 0.2) is 0 Å². The minimum atomic E-state index is -0.478. The highest BCUT2D eigenvalue weighted by molar-refractivity contribution is 9.10. The molecule has 1 heterocycles. The molecular weight excluding hydrogens is 300 g/mol. The molecule has 0 bridgehead atoms. The molecule has 5 nitrogen and oxygen atoms in total. The van der Waals surface area contributed by atoms with Crippen LogP contribution < -0.4 is 10.9 Å². The lowest BCUT2D eigenvalue weighted by Gasteiger charge is -2.28. The average molecular weight is 315 g/mol. The summed E-state index contributed by atoms with van der Waals surface area (Å²) >= 11 is 3.08. The number of rotatable bonds is 2. The van der Waals surface area contributed by atoms with Crippen molar-refractivity contribution in [3.05, 3.63) is 32.7 Å². The molecule has 6 heteroatoms. The van der Waals surface area contributed by atoms with E-state index in [2.05, 4.69) is 26.2 Å². The minimum absolute atomic E-state index is 0.197. The summed E-state index contributed by atoms with van der Waals surface area (Å²) in [7, 11) is 0. The first kappa shape index (κ1) is 13.3. The lowest BCUT2D eigenvalue weighted by atomic mass is 9.92. The van der Waals surface area contributed by atoms with Crippen LogP contribution in [-0.2, 0) is 0 Å². The fourth-order valence-electron chi connectivity index (χ4n) is 2.12. The molecule has 98 valence electrons. The van der Waals surface area contributed by atoms with Gasteiger partial charge in [-0.3, -0.25) is 9.59 Å². The van der Waals surface area contributed by atoms with Gasteiger partial charge in [0, 0.05) is 6.20 Å². The molecule has 1 aromatic rings.